The van der Waals surface area contributed by atoms with E-state index in [9.17, 15) is 13.9 Å². The van der Waals surface area contributed by atoms with E-state index in [1.165, 1.54) is 6.07 Å². The number of pyridine rings is 1. The molecule has 0 radical (unpaired) electrons. The third-order valence-electron chi connectivity index (χ3n) is 2.58. The van der Waals surface area contributed by atoms with E-state index in [4.69, 9.17) is 0 Å². The van der Waals surface area contributed by atoms with Crippen LogP contribution in [0.3, 0.4) is 0 Å². The molecule has 0 aliphatic rings. The fourth-order valence-electron chi connectivity index (χ4n) is 1.65. The van der Waals surface area contributed by atoms with Crippen molar-refractivity contribution in [3.8, 4) is 0 Å². The molecular weight excluding hydrogens is 304 g/mol. The Labute approximate surface area is 111 Å². The number of benzene rings is 1. The first kappa shape index (κ1) is 13.1. The van der Waals surface area contributed by atoms with Gasteiger partial charge in [-0.15, -0.1) is 0 Å². The van der Waals surface area contributed by atoms with Crippen LogP contribution in [0, 0.1) is 11.6 Å². The van der Waals surface area contributed by atoms with Crippen molar-refractivity contribution < 1.29 is 13.9 Å². The van der Waals surface area contributed by atoms with Crippen LogP contribution in [0.4, 0.5) is 8.78 Å². The Hall–Kier alpha value is -1.33. The van der Waals surface area contributed by atoms with Gasteiger partial charge in [-0.25, -0.2) is 8.78 Å². The molecule has 5 heteroatoms. The van der Waals surface area contributed by atoms with Crippen LogP contribution in [0.15, 0.2) is 41.1 Å². The second-order valence-electron chi connectivity index (χ2n) is 3.85. The Balaban J connectivity index is 2.24. The molecule has 0 saturated carbocycles. The number of aliphatic hydroxyl groups excluding tert-OH is 1. The quantitative estimate of drug-likeness (QED) is 0.881. The van der Waals surface area contributed by atoms with Crippen LogP contribution >= 0.6 is 15.9 Å². The summed E-state index contributed by atoms with van der Waals surface area (Å²) >= 11 is 2.95. The van der Waals surface area contributed by atoms with Gasteiger partial charge in [0.15, 0.2) is 11.6 Å². The van der Waals surface area contributed by atoms with Gasteiger partial charge in [0.1, 0.15) is 0 Å². The zero-order valence-electron chi connectivity index (χ0n) is 9.28. The predicted molar refractivity (Wildman–Crippen MR) is 67.0 cm³/mol. The van der Waals surface area contributed by atoms with Crippen molar-refractivity contribution in [3.63, 3.8) is 0 Å². The van der Waals surface area contributed by atoms with Gasteiger partial charge in [0.2, 0.25) is 0 Å². The van der Waals surface area contributed by atoms with Crippen LogP contribution in [-0.4, -0.2) is 10.1 Å². The summed E-state index contributed by atoms with van der Waals surface area (Å²) in [6, 6.07) is 5.93. The molecule has 1 unspecified atom stereocenters. The third kappa shape index (κ3) is 2.73. The van der Waals surface area contributed by atoms with Crippen LogP contribution in [0.2, 0.25) is 0 Å². The average Bonchev–Trinajstić information content (AvgIpc) is 2.37. The van der Waals surface area contributed by atoms with Crippen molar-refractivity contribution >= 4 is 15.9 Å². The molecule has 18 heavy (non-hydrogen) atoms. The Morgan fingerprint density at radius 1 is 1.28 bits per heavy atom. The van der Waals surface area contributed by atoms with E-state index in [0.717, 1.165) is 11.6 Å². The molecule has 1 N–H and O–H groups in total. The lowest BCUT2D eigenvalue weighted by Crippen LogP contribution is -2.05. The highest BCUT2D eigenvalue weighted by molar-refractivity contribution is 9.10. The molecule has 0 spiro atoms. The molecule has 0 amide bonds. The monoisotopic (exact) mass is 313 g/mol. The topological polar surface area (TPSA) is 33.1 Å². The van der Waals surface area contributed by atoms with Gasteiger partial charge in [-0.05, 0) is 39.2 Å². The number of hydrogen-bond donors (Lipinski definition) is 1. The second kappa shape index (κ2) is 5.54. The van der Waals surface area contributed by atoms with Gasteiger partial charge in [-0.2, -0.15) is 0 Å². The lowest BCUT2D eigenvalue weighted by molar-refractivity contribution is 0.177. The van der Waals surface area contributed by atoms with Crippen molar-refractivity contribution in [1.29, 1.82) is 0 Å². The molecule has 0 fully saturated rings. The molecule has 1 aromatic heterocycles. The highest BCUT2D eigenvalue weighted by Crippen LogP contribution is 2.29. The van der Waals surface area contributed by atoms with Gasteiger partial charge >= 0.3 is 0 Å². The Bertz CT molecular complexity index is 548. The summed E-state index contributed by atoms with van der Waals surface area (Å²) in [5.41, 5.74) is 1.14. The summed E-state index contributed by atoms with van der Waals surface area (Å²) in [6.07, 6.45) is 2.62. The predicted octanol–water partition coefficient (Wildman–Crippen LogP) is 3.40. The van der Waals surface area contributed by atoms with Crippen LogP contribution in [0.1, 0.15) is 17.2 Å². The maximum absolute atomic E-state index is 13.3. The highest BCUT2D eigenvalue weighted by Gasteiger charge is 2.17. The second-order valence-corrected chi connectivity index (χ2v) is 4.64. The van der Waals surface area contributed by atoms with Gasteiger partial charge in [-0.3, -0.25) is 4.98 Å². The highest BCUT2D eigenvalue weighted by atomic mass is 79.9. The first-order chi connectivity index (χ1) is 8.59. The number of hydrogen-bond acceptors (Lipinski definition) is 2. The molecule has 0 aliphatic heterocycles. The lowest BCUT2D eigenvalue weighted by atomic mass is 10.0. The van der Waals surface area contributed by atoms with E-state index < -0.39 is 17.7 Å². The van der Waals surface area contributed by atoms with Crippen molar-refractivity contribution in [2.24, 2.45) is 0 Å². The van der Waals surface area contributed by atoms with Crippen LogP contribution in [0.5, 0.6) is 0 Å². The maximum Gasteiger partial charge on any atom is 0.173 e. The number of nitrogens with zero attached hydrogens (tertiary/aromatic N) is 1. The normalized spacial score (nSPS) is 12.4. The summed E-state index contributed by atoms with van der Waals surface area (Å²) in [5, 5.41) is 10.0. The van der Waals surface area contributed by atoms with Gasteiger partial charge in [0, 0.05) is 18.8 Å². The Morgan fingerprint density at radius 2 is 2.06 bits per heavy atom. The molecule has 0 saturated heterocycles. The standard InChI is InChI=1S/C13H10BrF2NO/c14-12-9(3-4-10(15)13(12)16)11(18)6-8-2-1-5-17-7-8/h1-5,7,11,18H,6H2. The van der Waals surface area contributed by atoms with Crippen molar-refractivity contribution in [3.05, 3.63) is 63.9 Å². The van der Waals surface area contributed by atoms with Crippen molar-refractivity contribution in [2.75, 3.05) is 0 Å². The SMILES string of the molecule is OC(Cc1cccnc1)c1ccc(F)c(F)c1Br. The maximum atomic E-state index is 13.3. The smallest absolute Gasteiger partial charge is 0.173 e. The van der Waals surface area contributed by atoms with Gasteiger partial charge in [0.25, 0.3) is 0 Å². The fourth-order valence-corrected chi connectivity index (χ4v) is 2.24. The average molecular weight is 314 g/mol. The first-order valence-electron chi connectivity index (χ1n) is 5.30. The summed E-state index contributed by atoms with van der Waals surface area (Å²) < 4.78 is 26.3. The molecule has 1 heterocycles. The van der Waals surface area contributed by atoms with E-state index in [1.807, 2.05) is 6.07 Å². The first-order valence-corrected chi connectivity index (χ1v) is 6.09. The third-order valence-corrected chi connectivity index (χ3v) is 3.38. The Kier molecular flexibility index (Phi) is 4.04. The Morgan fingerprint density at radius 3 is 2.72 bits per heavy atom. The van der Waals surface area contributed by atoms with Crippen LogP contribution < -0.4 is 0 Å². The minimum atomic E-state index is -0.988. The number of aromatic nitrogens is 1. The largest absolute Gasteiger partial charge is 0.388 e. The van der Waals surface area contributed by atoms with E-state index in [0.29, 0.717) is 5.56 Å². The molecule has 2 rings (SSSR count). The summed E-state index contributed by atoms with van der Waals surface area (Å²) in [7, 11) is 0. The molecule has 94 valence electrons. The molecule has 0 aliphatic carbocycles. The molecule has 0 bridgehead atoms. The van der Waals surface area contributed by atoms with Crippen molar-refractivity contribution in [2.45, 2.75) is 12.5 Å². The zero-order valence-corrected chi connectivity index (χ0v) is 10.9. The van der Waals surface area contributed by atoms with E-state index in [2.05, 4.69) is 20.9 Å². The van der Waals surface area contributed by atoms with Gasteiger partial charge < -0.3 is 5.11 Å². The van der Waals surface area contributed by atoms with E-state index in [1.54, 1.807) is 18.5 Å². The fraction of sp³-hybridized carbons (Fsp3) is 0.154. The lowest BCUT2D eigenvalue weighted by Gasteiger charge is -2.13. The minimum absolute atomic E-state index is 0.0427. The van der Waals surface area contributed by atoms with E-state index in [-0.39, 0.29) is 10.9 Å². The van der Waals surface area contributed by atoms with Crippen LogP contribution in [0.25, 0.3) is 0 Å². The molecule has 1 aromatic carbocycles. The summed E-state index contributed by atoms with van der Waals surface area (Å²) in [4.78, 5) is 3.93. The molecule has 2 nitrogen and oxygen atoms in total. The van der Waals surface area contributed by atoms with Gasteiger partial charge in [0.05, 0.1) is 10.6 Å². The number of rotatable bonds is 3. The number of halogens is 3. The minimum Gasteiger partial charge on any atom is -0.388 e. The van der Waals surface area contributed by atoms with Crippen LogP contribution in [-0.2, 0) is 6.42 Å². The molecular formula is C13H10BrF2NO. The molecule has 1 atom stereocenters. The van der Waals surface area contributed by atoms with Gasteiger partial charge in [-0.1, -0.05) is 12.1 Å². The van der Waals surface area contributed by atoms with E-state index >= 15 is 0 Å². The van der Waals surface area contributed by atoms with Crippen molar-refractivity contribution in [1.82, 2.24) is 4.98 Å². The summed E-state index contributed by atoms with van der Waals surface area (Å²) in [6.45, 7) is 0. The summed E-state index contributed by atoms with van der Waals surface area (Å²) in [5.74, 6) is -1.93. The number of aliphatic hydroxyl groups is 1. The molecule has 2 aromatic rings. The zero-order chi connectivity index (χ0) is 13.1.